The zero-order valence-electron chi connectivity index (χ0n) is 20.3. The number of hydrogen-bond donors (Lipinski definition) is 2. The minimum absolute atomic E-state index is 0.0597. The Morgan fingerprint density at radius 2 is 1.68 bits per heavy atom. The molecule has 1 aromatic heterocycles. The second kappa shape index (κ2) is 11.0. The Bertz CT molecular complexity index is 1250. The number of fused-ring (bicyclic) bond motifs is 1. The third-order valence-corrected chi connectivity index (χ3v) is 5.41. The van der Waals surface area contributed by atoms with Gasteiger partial charge < -0.3 is 15.1 Å². The predicted molar refractivity (Wildman–Crippen MR) is 135 cm³/mol. The summed E-state index contributed by atoms with van der Waals surface area (Å²) in [6.45, 7) is 7.86. The molecule has 0 spiro atoms. The van der Waals surface area contributed by atoms with Crippen molar-refractivity contribution in [1.29, 1.82) is 0 Å². The number of hydrogen-bond acceptors (Lipinski definition) is 3. The fourth-order valence-electron chi connectivity index (χ4n) is 3.89. The van der Waals surface area contributed by atoms with E-state index in [1.165, 1.54) is 12.1 Å². The van der Waals surface area contributed by atoms with Gasteiger partial charge >= 0.3 is 0 Å². The molecule has 0 unspecified atom stereocenters. The second-order valence-corrected chi connectivity index (χ2v) is 8.10. The summed E-state index contributed by atoms with van der Waals surface area (Å²) in [5.41, 5.74) is 4.19. The molecule has 1 heterocycles. The zero-order valence-corrected chi connectivity index (χ0v) is 20.3. The van der Waals surface area contributed by atoms with Crippen molar-refractivity contribution in [2.24, 2.45) is 0 Å². The molecule has 5 nitrogen and oxygen atoms in total. The molecule has 2 amide bonds. The SMILES string of the molecule is CC.CNC(=O)c1c(-c2ccc(F)cc2)oc2ccc(C3=CC(C(=O)NC(C)C)=CCC3)cc12. The highest BCUT2D eigenvalue weighted by molar-refractivity contribution is 6.11. The van der Waals surface area contributed by atoms with Gasteiger partial charge in [-0.3, -0.25) is 9.59 Å². The maximum atomic E-state index is 13.4. The molecule has 6 heteroatoms. The van der Waals surface area contributed by atoms with Crippen molar-refractivity contribution in [1.82, 2.24) is 10.6 Å². The first kappa shape index (κ1) is 25.0. The number of carbonyl (C=O) groups is 2. The fraction of sp³-hybridized carbons (Fsp3) is 0.286. The van der Waals surface area contributed by atoms with E-state index in [0.717, 1.165) is 24.0 Å². The molecule has 0 saturated heterocycles. The van der Waals surface area contributed by atoms with E-state index < -0.39 is 0 Å². The van der Waals surface area contributed by atoms with Crippen LogP contribution in [0.2, 0.25) is 0 Å². The largest absolute Gasteiger partial charge is 0.455 e. The molecule has 2 N–H and O–H groups in total. The highest BCUT2D eigenvalue weighted by atomic mass is 19.1. The van der Waals surface area contributed by atoms with Crippen LogP contribution in [0.15, 0.2) is 64.6 Å². The monoisotopic (exact) mass is 462 g/mol. The summed E-state index contributed by atoms with van der Waals surface area (Å²) >= 11 is 0. The van der Waals surface area contributed by atoms with Crippen LogP contribution in [0.4, 0.5) is 4.39 Å². The molecule has 1 aliphatic rings. The van der Waals surface area contributed by atoms with Gasteiger partial charge in [-0.25, -0.2) is 4.39 Å². The maximum Gasteiger partial charge on any atom is 0.255 e. The van der Waals surface area contributed by atoms with Crippen molar-refractivity contribution in [2.45, 2.75) is 46.6 Å². The normalized spacial score (nSPS) is 13.0. The molecule has 3 aromatic rings. The van der Waals surface area contributed by atoms with Crippen LogP contribution in [0, 0.1) is 5.82 Å². The lowest BCUT2D eigenvalue weighted by atomic mass is 9.92. The van der Waals surface area contributed by atoms with E-state index in [1.54, 1.807) is 19.2 Å². The van der Waals surface area contributed by atoms with Crippen molar-refractivity contribution in [3.63, 3.8) is 0 Å². The summed E-state index contributed by atoms with van der Waals surface area (Å²) in [7, 11) is 1.56. The average Bonchev–Trinajstić information content (AvgIpc) is 3.23. The zero-order chi connectivity index (χ0) is 24.8. The third kappa shape index (κ3) is 5.28. The van der Waals surface area contributed by atoms with Gasteiger partial charge in [-0.15, -0.1) is 0 Å². The lowest BCUT2D eigenvalue weighted by molar-refractivity contribution is -0.117. The number of carbonyl (C=O) groups excluding carboxylic acids is 2. The summed E-state index contributed by atoms with van der Waals surface area (Å²) in [4.78, 5) is 25.2. The first-order valence-electron chi connectivity index (χ1n) is 11.6. The van der Waals surface area contributed by atoms with Gasteiger partial charge in [0, 0.05) is 29.6 Å². The van der Waals surface area contributed by atoms with Crippen LogP contribution in [-0.4, -0.2) is 24.9 Å². The van der Waals surface area contributed by atoms with Crippen LogP contribution >= 0.6 is 0 Å². The third-order valence-electron chi connectivity index (χ3n) is 5.41. The van der Waals surface area contributed by atoms with E-state index >= 15 is 0 Å². The summed E-state index contributed by atoms with van der Waals surface area (Å²) in [5.74, 6) is -0.338. The number of rotatable bonds is 5. The van der Waals surface area contributed by atoms with Crippen LogP contribution in [0.5, 0.6) is 0 Å². The number of allylic oxidation sites excluding steroid dienone is 2. The number of nitrogens with one attached hydrogen (secondary N) is 2. The smallest absolute Gasteiger partial charge is 0.255 e. The van der Waals surface area contributed by atoms with E-state index in [1.807, 2.05) is 58.0 Å². The minimum Gasteiger partial charge on any atom is -0.455 e. The quantitative estimate of drug-likeness (QED) is 0.471. The molecule has 0 radical (unpaired) electrons. The number of benzene rings is 2. The lowest BCUT2D eigenvalue weighted by Gasteiger charge is -2.15. The Morgan fingerprint density at radius 3 is 2.32 bits per heavy atom. The van der Waals surface area contributed by atoms with Gasteiger partial charge in [0.25, 0.3) is 11.8 Å². The maximum absolute atomic E-state index is 13.4. The van der Waals surface area contributed by atoms with E-state index in [-0.39, 0.29) is 23.7 Å². The van der Waals surface area contributed by atoms with Crippen LogP contribution < -0.4 is 10.6 Å². The number of halogens is 1. The Balaban J connectivity index is 0.00000158. The van der Waals surface area contributed by atoms with E-state index in [4.69, 9.17) is 4.42 Å². The van der Waals surface area contributed by atoms with Gasteiger partial charge in [-0.05, 0) is 80.3 Å². The fourth-order valence-corrected chi connectivity index (χ4v) is 3.89. The highest BCUT2D eigenvalue weighted by Crippen LogP contribution is 2.36. The molecular formula is C28H31FN2O3. The Morgan fingerprint density at radius 1 is 1.00 bits per heavy atom. The van der Waals surface area contributed by atoms with Gasteiger partial charge in [0.2, 0.25) is 0 Å². The van der Waals surface area contributed by atoms with Crippen molar-refractivity contribution in [3.05, 3.63) is 77.1 Å². The number of furan rings is 1. The minimum atomic E-state index is -0.358. The molecule has 178 valence electrons. The average molecular weight is 463 g/mol. The molecule has 1 aliphatic carbocycles. The number of amides is 2. The topological polar surface area (TPSA) is 71.3 Å². The van der Waals surface area contributed by atoms with Gasteiger partial charge in [-0.1, -0.05) is 26.0 Å². The molecule has 0 saturated carbocycles. The molecule has 4 rings (SSSR count). The van der Waals surface area contributed by atoms with Crippen molar-refractivity contribution in [2.75, 3.05) is 7.05 Å². The Labute approximate surface area is 199 Å². The highest BCUT2D eigenvalue weighted by Gasteiger charge is 2.23. The van der Waals surface area contributed by atoms with Crippen molar-refractivity contribution < 1.29 is 18.4 Å². The molecule has 34 heavy (non-hydrogen) atoms. The standard InChI is InChI=1S/C26H25FN2O3.C2H6/c1-15(2)29-25(30)19-6-4-5-17(13-19)18-9-12-22-21(14-18)23(26(31)28-3)24(32-22)16-7-10-20(27)11-8-16;1-2/h6-15H,4-5H2,1-3H3,(H,28,31)(H,29,30);1-2H3. The van der Waals surface area contributed by atoms with Crippen LogP contribution in [0.25, 0.3) is 27.9 Å². The summed E-state index contributed by atoms with van der Waals surface area (Å²) in [6, 6.07) is 11.6. The summed E-state index contributed by atoms with van der Waals surface area (Å²) < 4.78 is 19.4. The van der Waals surface area contributed by atoms with Crippen LogP contribution in [-0.2, 0) is 4.79 Å². The predicted octanol–water partition coefficient (Wildman–Crippen LogP) is 6.25. The molecule has 0 atom stereocenters. The Kier molecular flexibility index (Phi) is 8.05. The molecule has 2 aromatic carbocycles. The van der Waals surface area contributed by atoms with Crippen molar-refractivity contribution >= 4 is 28.4 Å². The summed E-state index contributed by atoms with van der Waals surface area (Å²) in [6.07, 6.45) is 5.41. The molecule has 0 bridgehead atoms. The summed E-state index contributed by atoms with van der Waals surface area (Å²) in [5, 5.41) is 6.27. The molecular weight excluding hydrogens is 431 g/mol. The molecule has 0 fully saturated rings. The Hall–Kier alpha value is -3.67. The van der Waals surface area contributed by atoms with E-state index in [2.05, 4.69) is 10.6 Å². The van der Waals surface area contributed by atoms with Crippen molar-refractivity contribution in [3.8, 4) is 11.3 Å². The van der Waals surface area contributed by atoms with E-state index in [0.29, 0.717) is 33.4 Å². The van der Waals surface area contributed by atoms with Gasteiger partial charge in [-0.2, -0.15) is 0 Å². The van der Waals surface area contributed by atoms with Gasteiger partial charge in [0.1, 0.15) is 17.2 Å². The first-order valence-corrected chi connectivity index (χ1v) is 11.6. The lowest BCUT2D eigenvalue weighted by Crippen LogP contribution is -2.31. The van der Waals surface area contributed by atoms with Crippen LogP contribution in [0.3, 0.4) is 0 Å². The molecule has 0 aliphatic heterocycles. The van der Waals surface area contributed by atoms with Gasteiger partial charge in [0.15, 0.2) is 0 Å². The van der Waals surface area contributed by atoms with Gasteiger partial charge in [0.05, 0.1) is 5.56 Å². The van der Waals surface area contributed by atoms with E-state index in [9.17, 15) is 14.0 Å². The second-order valence-electron chi connectivity index (χ2n) is 8.10. The van der Waals surface area contributed by atoms with Crippen LogP contribution in [0.1, 0.15) is 56.5 Å². The first-order chi connectivity index (χ1) is 16.4.